The molecule has 0 fully saturated rings. The van der Waals surface area contributed by atoms with Gasteiger partial charge >= 0.3 is 0 Å². The predicted molar refractivity (Wildman–Crippen MR) is 138 cm³/mol. The van der Waals surface area contributed by atoms with Crippen LogP contribution in [0.1, 0.15) is 43.0 Å². The third-order valence-electron chi connectivity index (χ3n) is 6.77. The zero-order chi connectivity index (χ0) is 23.4. The molecule has 0 bridgehead atoms. The maximum Gasteiger partial charge on any atom is 0.195 e. The van der Waals surface area contributed by atoms with E-state index in [9.17, 15) is 9.59 Å². The molecule has 0 aromatic heterocycles. The van der Waals surface area contributed by atoms with Crippen LogP contribution in [-0.2, 0) is 0 Å². The molecule has 1 aliphatic carbocycles. The lowest BCUT2D eigenvalue weighted by Gasteiger charge is -2.26. The van der Waals surface area contributed by atoms with Gasteiger partial charge in [-0.25, -0.2) is 0 Å². The van der Waals surface area contributed by atoms with Gasteiger partial charge in [-0.1, -0.05) is 108 Å². The number of ketones is 2. The SMILES string of the molecule is Cc1ccc(-c2c3c(c(-c4ccc(C)cc4)c4ccccc24)C(=O)c2ccccc2C3=O)cc1. The van der Waals surface area contributed by atoms with Crippen LogP contribution in [-0.4, -0.2) is 11.6 Å². The molecule has 0 unspecified atom stereocenters. The Morgan fingerprint density at radius 2 is 0.765 bits per heavy atom. The summed E-state index contributed by atoms with van der Waals surface area (Å²) in [6.45, 7) is 4.09. The van der Waals surface area contributed by atoms with Crippen LogP contribution in [0.25, 0.3) is 33.0 Å². The van der Waals surface area contributed by atoms with Gasteiger partial charge in [-0.3, -0.25) is 9.59 Å². The molecule has 34 heavy (non-hydrogen) atoms. The Balaban J connectivity index is 1.83. The molecule has 0 saturated carbocycles. The smallest absolute Gasteiger partial charge is 0.195 e. The fourth-order valence-corrected chi connectivity index (χ4v) is 5.08. The zero-order valence-corrected chi connectivity index (χ0v) is 19.1. The lowest BCUT2D eigenvalue weighted by molar-refractivity contribution is 0.0980. The molecule has 2 heteroatoms. The standard InChI is InChI=1S/C32H22O2/c1-19-11-15-21(16-12-19)27-23-7-3-4-8-24(23)28(22-17-13-20(2)14-18-22)30-29(27)31(33)25-9-5-6-10-26(25)32(30)34/h3-18H,1-2H3. The van der Waals surface area contributed by atoms with E-state index in [2.05, 4.69) is 12.1 Å². The minimum absolute atomic E-state index is 0.0973. The highest BCUT2D eigenvalue weighted by Gasteiger charge is 2.36. The molecule has 0 spiro atoms. The van der Waals surface area contributed by atoms with Gasteiger partial charge in [0.25, 0.3) is 0 Å². The molecular weight excluding hydrogens is 416 g/mol. The Bertz CT molecular complexity index is 1500. The van der Waals surface area contributed by atoms with E-state index in [0.29, 0.717) is 22.3 Å². The summed E-state index contributed by atoms with van der Waals surface area (Å²) in [7, 11) is 0. The summed E-state index contributed by atoms with van der Waals surface area (Å²) in [4.78, 5) is 28.1. The summed E-state index contributed by atoms with van der Waals surface area (Å²) in [6.07, 6.45) is 0. The Morgan fingerprint density at radius 3 is 1.15 bits per heavy atom. The van der Waals surface area contributed by atoms with E-state index in [-0.39, 0.29) is 11.6 Å². The zero-order valence-electron chi connectivity index (χ0n) is 19.1. The topological polar surface area (TPSA) is 34.1 Å². The van der Waals surface area contributed by atoms with Crippen molar-refractivity contribution in [3.05, 3.63) is 130 Å². The molecule has 1 aliphatic rings. The van der Waals surface area contributed by atoms with Crippen molar-refractivity contribution in [2.75, 3.05) is 0 Å². The summed E-state index contributed by atoms with van der Waals surface area (Å²) >= 11 is 0. The second-order valence-electron chi connectivity index (χ2n) is 8.98. The van der Waals surface area contributed by atoms with Crippen molar-refractivity contribution in [2.24, 2.45) is 0 Å². The van der Waals surface area contributed by atoms with E-state index in [1.165, 1.54) is 0 Å². The Morgan fingerprint density at radius 1 is 0.412 bits per heavy atom. The van der Waals surface area contributed by atoms with Gasteiger partial charge in [0.1, 0.15) is 0 Å². The van der Waals surface area contributed by atoms with Crippen molar-refractivity contribution >= 4 is 22.3 Å². The molecule has 162 valence electrons. The van der Waals surface area contributed by atoms with E-state index < -0.39 is 0 Å². The van der Waals surface area contributed by atoms with Crippen molar-refractivity contribution in [1.82, 2.24) is 0 Å². The molecule has 0 heterocycles. The molecule has 0 N–H and O–H groups in total. The van der Waals surface area contributed by atoms with E-state index in [1.54, 1.807) is 12.1 Å². The Kier molecular flexibility index (Phi) is 4.56. The van der Waals surface area contributed by atoms with Gasteiger partial charge in [-0.05, 0) is 35.7 Å². The van der Waals surface area contributed by atoms with Crippen LogP contribution in [0.5, 0.6) is 0 Å². The largest absolute Gasteiger partial charge is 0.289 e. The van der Waals surface area contributed by atoms with Gasteiger partial charge < -0.3 is 0 Å². The number of hydrogen-bond acceptors (Lipinski definition) is 2. The molecule has 5 aromatic carbocycles. The van der Waals surface area contributed by atoms with Crippen LogP contribution in [0.4, 0.5) is 0 Å². The predicted octanol–water partition coefficient (Wildman–Crippen LogP) is 7.57. The second kappa shape index (κ2) is 7.64. The summed E-state index contributed by atoms with van der Waals surface area (Å²) < 4.78 is 0. The summed E-state index contributed by atoms with van der Waals surface area (Å²) in [5, 5.41) is 1.95. The van der Waals surface area contributed by atoms with Crippen LogP contribution in [0.15, 0.2) is 97.1 Å². The van der Waals surface area contributed by atoms with Gasteiger partial charge in [0, 0.05) is 33.4 Å². The highest BCUT2D eigenvalue weighted by atomic mass is 16.1. The van der Waals surface area contributed by atoms with E-state index in [1.807, 2.05) is 86.6 Å². The first kappa shape index (κ1) is 20.3. The molecule has 5 aromatic rings. The molecule has 0 atom stereocenters. The quantitative estimate of drug-likeness (QED) is 0.279. The third-order valence-corrected chi connectivity index (χ3v) is 6.77. The van der Waals surface area contributed by atoms with E-state index in [4.69, 9.17) is 0 Å². The first-order chi connectivity index (χ1) is 16.5. The average molecular weight is 439 g/mol. The number of carbonyl (C=O) groups excluding carboxylic acids is 2. The molecule has 0 saturated heterocycles. The number of fused-ring (bicyclic) bond motifs is 3. The second-order valence-corrected chi connectivity index (χ2v) is 8.98. The minimum Gasteiger partial charge on any atom is -0.289 e. The number of rotatable bonds is 2. The van der Waals surface area contributed by atoms with Crippen molar-refractivity contribution in [1.29, 1.82) is 0 Å². The van der Waals surface area contributed by atoms with Crippen LogP contribution in [0, 0.1) is 13.8 Å². The first-order valence-electron chi connectivity index (χ1n) is 11.5. The first-order valence-corrected chi connectivity index (χ1v) is 11.5. The number of aryl methyl sites for hydroxylation is 2. The monoisotopic (exact) mass is 438 g/mol. The number of hydrogen-bond donors (Lipinski definition) is 0. The van der Waals surface area contributed by atoms with Gasteiger partial charge in [0.05, 0.1) is 0 Å². The molecule has 2 nitrogen and oxygen atoms in total. The van der Waals surface area contributed by atoms with E-state index in [0.717, 1.165) is 44.2 Å². The fourth-order valence-electron chi connectivity index (χ4n) is 5.08. The molecule has 0 amide bonds. The van der Waals surface area contributed by atoms with Gasteiger partial charge in [-0.15, -0.1) is 0 Å². The van der Waals surface area contributed by atoms with Crippen molar-refractivity contribution in [3.8, 4) is 22.3 Å². The lowest BCUT2D eigenvalue weighted by Crippen LogP contribution is -2.23. The highest BCUT2D eigenvalue weighted by Crippen LogP contribution is 2.45. The lowest BCUT2D eigenvalue weighted by atomic mass is 9.74. The average Bonchev–Trinajstić information content (AvgIpc) is 2.87. The van der Waals surface area contributed by atoms with Gasteiger partial charge in [0.15, 0.2) is 11.6 Å². The van der Waals surface area contributed by atoms with Crippen LogP contribution < -0.4 is 0 Å². The maximum absolute atomic E-state index is 14.0. The molecule has 6 rings (SSSR count). The van der Waals surface area contributed by atoms with E-state index >= 15 is 0 Å². The van der Waals surface area contributed by atoms with Crippen molar-refractivity contribution < 1.29 is 9.59 Å². The van der Waals surface area contributed by atoms with Crippen molar-refractivity contribution in [3.63, 3.8) is 0 Å². The van der Waals surface area contributed by atoms with Gasteiger partial charge in [0.2, 0.25) is 0 Å². The number of carbonyl (C=O) groups is 2. The van der Waals surface area contributed by atoms with Crippen LogP contribution in [0.3, 0.4) is 0 Å². The summed E-state index contributed by atoms with van der Waals surface area (Å²) in [5.74, 6) is -0.195. The Hall–Kier alpha value is -4.30. The fraction of sp³-hybridized carbons (Fsp3) is 0.0625. The minimum atomic E-state index is -0.0973. The molecular formula is C32H22O2. The summed E-state index contributed by atoms with van der Waals surface area (Å²) in [6, 6.07) is 31.6. The summed E-state index contributed by atoms with van der Waals surface area (Å²) in [5.41, 5.74) is 7.77. The molecule has 0 aliphatic heterocycles. The van der Waals surface area contributed by atoms with Crippen LogP contribution >= 0.6 is 0 Å². The maximum atomic E-state index is 14.0. The highest BCUT2D eigenvalue weighted by molar-refractivity contribution is 6.35. The van der Waals surface area contributed by atoms with Crippen LogP contribution in [0.2, 0.25) is 0 Å². The molecule has 0 radical (unpaired) electrons. The normalized spacial score (nSPS) is 12.5. The number of benzene rings is 5. The van der Waals surface area contributed by atoms with Gasteiger partial charge in [-0.2, -0.15) is 0 Å². The Labute approximate surface area is 198 Å². The van der Waals surface area contributed by atoms with Crippen molar-refractivity contribution in [2.45, 2.75) is 13.8 Å². The third kappa shape index (κ3) is 2.96.